The maximum atomic E-state index is 11.5. The Balaban J connectivity index is 1.75. The molecule has 3 heterocycles. The maximum absolute atomic E-state index is 11.5. The summed E-state index contributed by atoms with van der Waals surface area (Å²) in [6.45, 7) is 2.15. The summed E-state index contributed by atoms with van der Waals surface area (Å²) in [5, 5.41) is 7.52. The Labute approximate surface area is 162 Å². The van der Waals surface area contributed by atoms with Crippen LogP contribution in [0.15, 0.2) is 48.7 Å². The molecule has 1 amide bonds. The van der Waals surface area contributed by atoms with Crippen molar-refractivity contribution in [3.05, 3.63) is 53.5 Å². The van der Waals surface area contributed by atoms with Crippen molar-refractivity contribution in [2.24, 2.45) is 5.73 Å². The van der Waals surface area contributed by atoms with Crippen LogP contribution in [0.5, 0.6) is 0 Å². The second kappa shape index (κ2) is 7.54. The second-order valence-electron chi connectivity index (χ2n) is 6.89. The smallest absolute Gasteiger partial charge is 0.258 e. The van der Waals surface area contributed by atoms with Gasteiger partial charge in [-0.2, -0.15) is 5.10 Å². The molecule has 0 saturated carbocycles. The largest absolute Gasteiger partial charge is 0.365 e. The summed E-state index contributed by atoms with van der Waals surface area (Å²) in [7, 11) is 2.17. The number of thiophene rings is 1. The van der Waals surface area contributed by atoms with Crippen LogP contribution in [-0.4, -0.2) is 47.2 Å². The molecule has 140 valence electrons. The molecule has 0 atom stereocenters. The van der Waals surface area contributed by atoms with E-state index in [1.165, 1.54) is 11.3 Å². The van der Waals surface area contributed by atoms with Crippen molar-refractivity contribution in [2.75, 3.05) is 25.0 Å². The van der Waals surface area contributed by atoms with Crippen LogP contribution in [0.4, 0.5) is 11.4 Å². The van der Waals surface area contributed by atoms with Crippen molar-refractivity contribution in [3.63, 3.8) is 0 Å². The predicted molar refractivity (Wildman–Crippen MR) is 110 cm³/mol. The molecule has 0 unspecified atom stereocenters. The van der Waals surface area contributed by atoms with Gasteiger partial charge in [0.15, 0.2) is 0 Å². The Morgan fingerprint density at radius 3 is 2.63 bits per heavy atom. The lowest BCUT2D eigenvalue weighted by atomic mass is 10.0. The van der Waals surface area contributed by atoms with E-state index in [1.807, 2.05) is 18.3 Å². The predicted octanol–water partition coefficient (Wildman–Crippen LogP) is 3.47. The highest BCUT2D eigenvalue weighted by Gasteiger charge is 2.28. The molecule has 0 radical (unpaired) electrons. The number of likely N-dealkylation sites (tertiary alicyclic amines) is 1. The molecule has 3 aromatic rings. The van der Waals surface area contributed by atoms with Gasteiger partial charge >= 0.3 is 0 Å². The Bertz CT molecular complexity index is 911. The first-order valence-corrected chi connectivity index (χ1v) is 9.92. The third kappa shape index (κ3) is 3.61. The standard InChI is InChI=1S/C20H23N5OS/c1-24-11-9-15(10-12-24)25(14-5-3-2-4-6-14)16-13-22-23-19(16)17-7-8-18(27-17)20(21)26/h2-8,13,15H,9-12H2,1H3,(H2,21,26)(H,22,23). The Hall–Kier alpha value is -2.64. The van der Waals surface area contributed by atoms with Crippen LogP contribution >= 0.6 is 11.3 Å². The minimum absolute atomic E-state index is 0.399. The zero-order valence-electron chi connectivity index (χ0n) is 15.3. The van der Waals surface area contributed by atoms with Crippen molar-refractivity contribution in [3.8, 4) is 10.6 Å². The number of amides is 1. The number of H-pyrrole nitrogens is 1. The number of nitrogens with zero attached hydrogens (tertiary/aromatic N) is 3. The number of rotatable bonds is 5. The number of nitrogens with one attached hydrogen (secondary N) is 1. The quantitative estimate of drug-likeness (QED) is 0.709. The summed E-state index contributed by atoms with van der Waals surface area (Å²) in [5.41, 5.74) is 8.47. The topological polar surface area (TPSA) is 78.2 Å². The third-order valence-electron chi connectivity index (χ3n) is 5.05. The van der Waals surface area contributed by atoms with Crippen molar-refractivity contribution < 1.29 is 4.79 Å². The van der Waals surface area contributed by atoms with Crippen LogP contribution < -0.4 is 10.6 Å². The number of hydrogen-bond acceptors (Lipinski definition) is 5. The van der Waals surface area contributed by atoms with Gasteiger partial charge in [-0.3, -0.25) is 9.89 Å². The number of nitrogens with two attached hydrogens (primary N) is 1. The SMILES string of the molecule is CN1CCC(N(c2ccccc2)c2c[nH]nc2-c2ccc(C(N)=O)s2)CC1. The number of anilines is 2. The molecule has 0 bridgehead atoms. The number of carbonyl (C=O) groups is 1. The first kappa shape index (κ1) is 17.8. The number of benzene rings is 1. The average molecular weight is 382 g/mol. The summed E-state index contributed by atoms with van der Waals surface area (Å²) in [6, 6.07) is 14.5. The van der Waals surface area contributed by atoms with Crippen molar-refractivity contribution in [1.29, 1.82) is 0 Å². The third-order valence-corrected chi connectivity index (χ3v) is 6.16. The van der Waals surface area contributed by atoms with Gasteiger partial charge in [-0.05, 0) is 57.2 Å². The Morgan fingerprint density at radius 2 is 1.96 bits per heavy atom. The molecule has 0 aliphatic carbocycles. The summed E-state index contributed by atoms with van der Waals surface area (Å²) < 4.78 is 0. The fourth-order valence-corrected chi connectivity index (χ4v) is 4.49. The molecule has 6 nitrogen and oxygen atoms in total. The molecule has 1 aromatic carbocycles. The number of aromatic amines is 1. The van der Waals surface area contributed by atoms with Crippen molar-refractivity contribution >= 4 is 28.6 Å². The molecule has 1 saturated heterocycles. The summed E-state index contributed by atoms with van der Waals surface area (Å²) in [6.07, 6.45) is 4.13. The molecule has 7 heteroatoms. The van der Waals surface area contributed by atoms with Crippen molar-refractivity contribution in [2.45, 2.75) is 18.9 Å². The van der Waals surface area contributed by atoms with Gasteiger partial charge in [-0.1, -0.05) is 18.2 Å². The van der Waals surface area contributed by atoms with Gasteiger partial charge in [0.25, 0.3) is 5.91 Å². The minimum atomic E-state index is -0.404. The number of primary amides is 1. The first-order chi connectivity index (χ1) is 13.1. The van der Waals surface area contributed by atoms with Gasteiger partial charge in [-0.15, -0.1) is 11.3 Å². The molecule has 4 rings (SSSR count). The van der Waals surface area contributed by atoms with E-state index in [9.17, 15) is 4.79 Å². The lowest BCUT2D eigenvalue weighted by molar-refractivity contribution is 0.100. The van der Waals surface area contributed by atoms with E-state index in [2.05, 4.69) is 51.3 Å². The van der Waals surface area contributed by atoms with Crippen LogP contribution in [0.3, 0.4) is 0 Å². The zero-order chi connectivity index (χ0) is 18.8. The number of carbonyl (C=O) groups excluding carboxylic acids is 1. The maximum Gasteiger partial charge on any atom is 0.258 e. The number of piperidine rings is 1. The Morgan fingerprint density at radius 1 is 1.22 bits per heavy atom. The summed E-state index contributed by atoms with van der Waals surface area (Å²) >= 11 is 1.38. The van der Waals surface area contributed by atoms with Crippen LogP contribution in [0, 0.1) is 0 Å². The van der Waals surface area contributed by atoms with Gasteiger partial charge in [-0.25, -0.2) is 0 Å². The molecular formula is C20H23N5OS. The lowest BCUT2D eigenvalue weighted by Gasteiger charge is -2.38. The molecule has 0 spiro atoms. The minimum Gasteiger partial charge on any atom is -0.365 e. The van der Waals surface area contributed by atoms with Crippen LogP contribution in [0.25, 0.3) is 10.6 Å². The van der Waals surface area contributed by atoms with Gasteiger partial charge in [0.2, 0.25) is 0 Å². The van der Waals surface area contributed by atoms with E-state index in [4.69, 9.17) is 5.73 Å². The Kier molecular flexibility index (Phi) is 4.96. The monoisotopic (exact) mass is 381 g/mol. The first-order valence-electron chi connectivity index (χ1n) is 9.10. The van der Waals surface area contributed by atoms with Crippen LogP contribution in [-0.2, 0) is 0 Å². The van der Waals surface area contributed by atoms with E-state index < -0.39 is 5.91 Å². The highest BCUT2D eigenvalue weighted by molar-refractivity contribution is 7.17. The fraction of sp³-hybridized carbons (Fsp3) is 0.300. The normalized spacial score (nSPS) is 15.7. The van der Waals surface area contributed by atoms with Gasteiger partial charge < -0.3 is 15.5 Å². The highest BCUT2D eigenvalue weighted by atomic mass is 32.1. The van der Waals surface area contributed by atoms with Crippen LogP contribution in [0.2, 0.25) is 0 Å². The van der Waals surface area contributed by atoms with E-state index in [0.717, 1.165) is 47.9 Å². The molecular weight excluding hydrogens is 358 g/mol. The highest BCUT2D eigenvalue weighted by Crippen LogP contribution is 2.39. The molecule has 1 aliphatic rings. The van der Waals surface area contributed by atoms with Gasteiger partial charge in [0.1, 0.15) is 5.69 Å². The van der Waals surface area contributed by atoms with Gasteiger partial charge in [0, 0.05) is 17.9 Å². The number of aromatic nitrogens is 2. The zero-order valence-corrected chi connectivity index (χ0v) is 16.1. The van der Waals surface area contributed by atoms with Gasteiger partial charge in [0.05, 0.1) is 15.4 Å². The van der Waals surface area contributed by atoms with E-state index >= 15 is 0 Å². The summed E-state index contributed by atoms with van der Waals surface area (Å²) in [5.74, 6) is -0.404. The molecule has 1 aliphatic heterocycles. The summed E-state index contributed by atoms with van der Waals surface area (Å²) in [4.78, 5) is 17.7. The van der Waals surface area contributed by atoms with Crippen LogP contribution in [0.1, 0.15) is 22.5 Å². The molecule has 3 N–H and O–H groups in total. The fourth-order valence-electron chi connectivity index (χ4n) is 3.63. The molecule has 1 fully saturated rings. The lowest BCUT2D eigenvalue weighted by Crippen LogP contribution is -2.41. The van der Waals surface area contributed by atoms with E-state index in [-0.39, 0.29) is 0 Å². The average Bonchev–Trinajstić information content (AvgIpc) is 3.34. The second-order valence-corrected chi connectivity index (χ2v) is 7.97. The van der Waals surface area contributed by atoms with E-state index in [0.29, 0.717) is 10.9 Å². The molecule has 27 heavy (non-hydrogen) atoms. The van der Waals surface area contributed by atoms with E-state index in [1.54, 1.807) is 6.07 Å². The van der Waals surface area contributed by atoms with Crippen molar-refractivity contribution in [1.82, 2.24) is 15.1 Å². The molecule has 2 aromatic heterocycles. The number of para-hydroxylation sites is 1. The number of hydrogen-bond donors (Lipinski definition) is 2.